The number of fused-ring (bicyclic) bond motifs is 1. The van der Waals surface area contributed by atoms with Crippen LogP contribution in [0.5, 0.6) is 5.75 Å². The van der Waals surface area contributed by atoms with Crippen molar-refractivity contribution in [1.82, 2.24) is 5.32 Å². The maximum absolute atomic E-state index is 13.3. The topological polar surface area (TPSA) is 105 Å². The first-order chi connectivity index (χ1) is 15.4. The summed E-state index contributed by atoms with van der Waals surface area (Å²) >= 11 is 6.06. The molecule has 2 aromatic carbocycles. The fourth-order valence-corrected chi connectivity index (χ4v) is 3.67. The second-order valence-corrected chi connectivity index (χ2v) is 7.73. The molecule has 0 fully saturated rings. The molecule has 0 radical (unpaired) electrons. The first-order valence-electron chi connectivity index (χ1n) is 10.3. The van der Waals surface area contributed by atoms with Crippen molar-refractivity contribution in [3.05, 3.63) is 59.1 Å². The summed E-state index contributed by atoms with van der Waals surface area (Å²) in [7, 11) is 0. The van der Waals surface area contributed by atoms with E-state index in [1.807, 2.05) is 30.3 Å². The Morgan fingerprint density at radius 3 is 2.72 bits per heavy atom. The number of hydrogen-bond acceptors (Lipinski definition) is 6. The Morgan fingerprint density at radius 2 is 2.03 bits per heavy atom. The van der Waals surface area contributed by atoms with Crippen LogP contribution in [0.2, 0.25) is 5.02 Å². The number of esters is 1. The summed E-state index contributed by atoms with van der Waals surface area (Å²) in [6, 6.07) is 12.6. The molecule has 1 amide bonds. The van der Waals surface area contributed by atoms with Gasteiger partial charge in [-0.15, -0.1) is 0 Å². The van der Waals surface area contributed by atoms with Gasteiger partial charge in [0.15, 0.2) is 0 Å². The molecule has 8 nitrogen and oxygen atoms in total. The molecule has 2 atom stereocenters. The first-order valence-corrected chi connectivity index (χ1v) is 10.7. The van der Waals surface area contributed by atoms with Gasteiger partial charge >= 0.3 is 11.9 Å². The molecule has 3 rings (SSSR count). The van der Waals surface area contributed by atoms with E-state index >= 15 is 0 Å². The van der Waals surface area contributed by atoms with E-state index in [-0.39, 0.29) is 18.9 Å². The van der Waals surface area contributed by atoms with E-state index in [9.17, 15) is 19.5 Å². The van der Waals surface area contributed by atoms with Crippen LogP contribution in [0.1, 0.15) is 18.9 Å². The van der Waals surface area contributed by atoms with Crippen molar-refractivity contribution in [2.24, 2.45) is 0 Å². The third-order valence-corrected chi connectivity index (χ3v) is 5.25. The van der Waals surface area contributed by atoms with Gasteiger partial charge in [0.25, 0.3) is 0 Å². The molecule has 2 aromatic rings. The van der Waals surface area contributed by atoms with Crippen molar-refractivity contribution in [1.29, 1.82) is 0 Å². The predicted octanol–water partition coefficient (Wildman–Crippen LogP) is 2.67. The fraction of sp³-hybridized carbons (Fsp3) is 0.348. The molecule has 0 aliphatic carbocycles. The van der Waals surface area contributed by atoms with Crippen LogP contribution in [0.4, 0.5) is 5.69 Å². The van der Waals surface area contributed by atoms with Gasteiger partial charge in [0, 0.05) is 5.02 Å². The largest absolute Gasteiger partial charge is 0.489 e. The summed E-state index contributed by atoms with van der Waals surface area (Å²) in [6.45, 7) is 1.26. The summed E-state index contributed by atoms with van der Waals surface area (Å²) in [5, 5.41) is 12.7. The van der Waals surface area contributed by atoms with Crippen molar-refractivity contribution in [2.75, 3.05) is 24.7 Å². The lowest BCUT2D eigenvalue weighted by Gasteiger charge is -2.26. The van der Waals surface area contributed by atoms with Crippen molar-refractivity contribution in [3.8, 4) is 5.75 Å². The van der Waals surface area contributed by atoms with Crippen molar-refractivity contribution in [3.63, 3.8) is 0 Å². The summed E-state index contributed by atoms with van der Waals surface area (Å²) in [5.74, 6) is -1.85. The van der Waals surface area contributed by atoms with E-state index < -0.39 is 36.5 Å². The van der Waals surface area contributed by atoms with Gasteiger partial charge in [-0.3, -0.25) is 24.6 Å². The van der Waals surface area contributed by atoms with Crippen LogP contribution in [-0.2, 0) is 25.5 Å². The van der Waals surface area contributed by atoms with Crippen molar-refractivity contribution >= 4 is 35.1 Å². The lowest BCUT2D eigenvalue weighted by atomic mass is 10.0. The number of aliphatic carboxylic acids is 1. The summed E-state index contributed by atoms with van der Waals surface area (Å²) in [4.78, 5) is 38.4. The number of nitrogens with zero attached hydrogens (tertiary/aromatic N) is 1. The number of halogens is 1. The monoisotopic (exact) mass is 460 g/mol. The number of rotatable bonds is 9. The Hall–Kier alpha value is -3.10. The number of benzene rings is 2. The molecule has 9 heteroatoms. The van der Waals surface area contributed by atoms with Gasteiger partial charge < -0.3 is 14.6 Å². The van der Waals surface area contributed by atoms with Crippen LogP contribution in [-0.4, -0.2) is 54.8 Å². The van der Waals surface area contributed by atoms with E-state index in [4.69, 9.17) is 21.1 Å². The molecule has 1 aliphatic heterocycles. The smallest absolute Gasteiger partial charge is 0.323 e. The average molecular weight is 461 g/mol. The predicted molar refractivity (Wildman–Crippen MR) is 119 cm³/mol. The fourth-order valence-electron chi connectivity index (χ4n) is 3.50. The molecular weight excluding hydrogens is 436 g/mol. The third-order valence-electron chi connectivity index (χ3n) is 5.01. The Bertz CT molecular complexity index is 968. The molecule has 1 heterocycles. The molecule has 2 N–H and O–H groups in total. The highest BCUT2D eigenvalue weighted by molar-refractivity contribution is 6.31. The lowest BCUT2D eigenvalue weighted by molar-refractivity contribution is -0.146. The number of carboxylic acids is 1. The van der Waals surface area contributed by atoms with E-state index in [0.717, 1.165) is 10.5 Å². The van der Waals surface area contributed by atoms with Gasteiger partial charge in [-0.05, 0) is 43.5 Å². The second kappa shape index (κ2) is 11.0. The highest BCUT2D eigenvalue weighted by Gasteiger charge is 2.35. The number of ether oxygens (including phenoxy) is 2. The van der Waals surface area contributed by atoms with Gasteiger partial charge in [-0.2, -0.15) is 0 Å². The van der Waals surface area contributed by atoms with E-state index in [0.29, 0.717) is 23.6 Å². The molecule has 170 valence electrons. The number of carboxylic acid groups (broad SMARTS) is 1. The van der Waals surface area contributed by atoms with Crippen LogP contribution < -0.4 is 15.0 Å². The van der Waals surface area contributed by atoms with Gasteiger partial charge in [-0.25, -0.2) is 0 Å². The second-order valence-electron chi connectivity index (χ2n) is 7.29. The third kappa shape index (κ3) is 5.99. The van der Waals surface area contributed by atoms with Gasteiger partial charge in [0.05, 0.1) is 12.3 Å². The molecule has 1 unspecified atom stereocenters. The normalized spacial score (nSPS) is 16.5. The number of carbonyl (C=O) groups excluding carboxylic acids is 2. The molecule has 1 aliphatic rings. The highest BCUT2D eigenvalue weighted by Crippen LogP contribution is 2.34. The zero-order valence-corrected chi connectivity index (χ0v) is 18.4. The van der Waals surface area contributed by atoms with E-state index in [2.05, 4.69) is 5.32 Å². The minimum atomic E-state index is -1.18. The number of nitrogens with one attached hydrogen (secondary N) is 1. The Balaban J connectivity index is 1.82. The highest BCUT2D eigenvalue weighted by atomic mass is 35.5. The summed E-state index contributed by atoms with van der Waals surface area (Å²) in [6.07, 6.45) is 0.984. The summed E-state index contributed by atoms with van der Waals surface area (Å²) < 4.78 is 11.0. The standard InChI is InChI=1S/C23H25ClN2O6/c1-2-31-23(30)17(10-8-15-6-4-3-5-7-15)25-18-14-32-20-11-9-16(24)12-19(20)26(22(18)29)13-21(27)28/h3-7,9,11-12,17-18,25H,2,8,10,13-14H2,1H3,(H,27,28)/t17-,18?/m0/s1. The number of anilines is 1. The Labute approximate surface area is 191 Å². The number of amides is 1. The zero-order chi connectivity index (χ0) is 23.1. The van der Waals surface area contributed by atoms with E-state index in [1.54, 1.807) is 19.1 Å². The zero-order valence-electron chi connectivity index (χ0n) is 17.6. The van der Waals surface area contributed by atoms with Crippen LogP contribution in [0.15, 0.2) is 48.5 Å². The quantitative estimate of drug-likeness (QED) is 0.554. The van der Waals surface area contributed by atoms with Crippen LogP contribution >= 0.6 is 11.6 Å². The van der Waals surface area contributed by atoms with Crippen LogP contribution in [0, 0.1) is 0 Å². The van der Waals surface area contributed by atoms with Crippen molar-refractivity contribution < 1.29 is 29.0 Å². The molecule has 0 bridgehead atoms. The van der Waals surface area contributed by atoms with Crippen molar-refractivity contribution in [2.45, 2.75) is 31.8 Å². The van der Waals surface area contributed by atoms with Gasteiger partial charge in [0.2, 0.25) is 5.91 Å². The molecule has 0 spiro atoms. The Morgan fingerprint density at radius 1 is 1.28 bits per heavy atom. The molecular formula is C23H25ClN2O6. The minimum absolute atomic E-state index is 0.0785. The average Bonchev–Trinajstić information content (AvgIpc) is 2.89. The number of hydrogen-bond donors (Lipinski definition) is 2. The first kappa shape index (κ1) is 23.6. The van der Waals surface area contributed by atoms with Gasteiger partial charge in [-0.1, -0.05) is 41.9 Å². The maximum Gasteiger partial charge on any atom is 0.323 e. The minimum Gasteiger partial charge on any atom is -0.489 e. The molecule has 0 saturated carbocycles. The lowest BCUT2D eigenvalue weighted by Crippen LogP contribution is -2.55. The Kier molecular flexibility index (Phi) is 8.08. The number of aryl methyl sites for hydroxylation is 1. The molecule has 0 aromatic heterocycles. The summed E-state index contributed by atoms with van der Waals surface area (Å²) in [5.41, 5.74) is 1.31. The SMILES string of the molecule is CCOC(=O)[C@H](CCc1ccccc1)NC1COc2ccc(Cl)cc2N(CC(=O)O)C1=O. The van der Waals surface area contributed by atoms with Crippen LogP contribution in [0.25, 0.3) is 0 Å². The molecule has 32 heavy (non-hydrogen) atoms. The number of carbonyl (C=O) groups is 3. The van der Waals surface area contributed by atoms with Crippen LogP contribution in [0.3, 0.4) is 0 Å². The van der Waals surface area contributed by atoms with E-state index in [1.165, 1.54) is 6.07 Å². The van der Waals surface area contributed by atoms with Gasteiger partial charge in [0.1, 0.15) is 31.0 Å². The maximum atomic E-state index is 13.3. The molecule has 0 saturated heterocycles.